The Morgan fingerprint density at radius 1 is 1.28 bits per heavy atom. The van der Waals surface area contributed by atoms with Crippen molar-refractivity contribution in [2.75, 3.05) is 0 Å². The van der Waals surface area contributed by atoms with Gasteiger partial charge in [0.25, 0.3) is 0 Å². The summed E-state index contributed by atoms with van der Waals surface area (Å²) < 4.78 is 42.2. The first-order valence-electron chi connectivity index (χ1n) is 4.90. The number of halogens is 4. The van der Waals surface area contributed by atoms with E-state index in [4.69, 9.17) is 11.6 Å². The maximum absolute atomic E-state index is 12.6. The van der Waals surface area contributed by atoms with Gasteiger partial charge < -0.3 is 4.74 Å². The molecule has 1 aliphatic rings. The number of ether oxygens (including phenoxy) is 1. The molecule has 0 amide bonds. The van der Waals surface area contributed by atoms with Gasteiger partial charge in [-0.1, -0.05) is 17.7 Å². The molecule has 1 saturated heterocycles. The molecule has 0 radical (unpaired) electrons. The van der Waals surface area contributed by atoms with Crippen LogP contribution in [-0.4, -0.2) is 11.9 Å². The maximum Gasteiger partial charge on any atom is 0.417 e. The highest BCUT2D eigenvalue weighted by Gasteiger charge is 2.38. The lowest BCUT2D eigenvalue weighted by atomic mass is 9.96. The van der Waals surface area contributed by atoms with E-state index < -0.39 is 34.6 Å². The predicted molar refractivity (Wildman–Crippen MR) is 54.9 cm³/mol. The smallest absolute Gasteiger partial charge is 0.393 e. The third kappa shape index (κ3) is 2.33. The van der Waals surface area contributed by atoms with E-state index >= 15 is 0 Å². The maximum atomic E-state index is 12.6. The number of carbonyl (C=O) groups is 2. The van der Waals surface area contributed by atoms with Crippen molar-refractivity contribution in [3.8, 4) is 0 Å². The van der Waals surface area contributed by atoms with E-state index in [1.54, 1.807) is 0 Å². The lowest BCUT2D eigenvalue weighted by Gasteiger charge is -2.12. The number of cyclic esters (lactones) is 2. The molecule has 2 rings (SSSR count). The number of esters is 2. The molecule has 1 heterocycles. The normalized spacial score (nSPS) is 20.1. The third-order valence-corrected chi connectivity index (χ3v) is 2.90. The first-order chi connectivity index (χ1) is 8.29. The van der Waals surface area contributed by atoms with Crippen LogP contribution in [0.5, 0.6) is 0 Å². The quantitative estimate of drug-likeness (QED) is 0.586. The van der Waals surface area contributed by atoms with E-state index in [2.05, 4.69) is 4.74 Å². The Labute approximate surface area is 104 Å². The van der Waals surface area contributed by atoms with Gasteiger partial charge in [-0.05, 0) is 17.7 Å². The van der Waals surface area contributed by atoms with Gasteiger partial charge in [-0.3, -0.25) is 9.59 Å². The van der Waals surface area contributed by atoms with Crippen molar-refractivity contribution in [2.45, 2.75) is 18.5 Å². The van der Waals surface area contributed by atoms with Crippen LogP contribution in [0.25, 0.3) is 0 Å². The van der Waals surface area contributed by atoms with Gasteiger partial charge >= 0.3 is 18.1 Å². The molecule has 1 unspecified atom stereocenters. The zero-order valence-corrected chi connectivity index (χ0v) is 9.51. The van der Waals surface area contributed by atoms with Crippen LogP contribution < -0.4 is 0 Å². The summed E-state index contributed by atoms with van der Waals surface area (Å²) >= 11 is 5.45. The monoisotopic (exact) mass is 278 g/mol. The van der Waals surface area contributed by atoms with Crippen LogP contribution in [0.2, 0.25) is 5.02 Å². The molecule has 1 aromatic carbocycles. The summed E-state index contributed by atoms with van der Waals surface area (Å²) in [6.45, 7) is 0. The van der Waals surface area contributed by atoms with Crippen molar-refractivity contribution in [1.82, 2.24) is 0 Å². The highest BCUT2D eigenvalue weighted by Crippen LogP contribution is 2.38. The SMILES string of the molecule is O=C1CC(c2ccc(Cl)c(C(F)(F)F)c2)C(=O)O1. The van der Waals surface area contributed by atoms with Crippen molar-refractivity contribution in [1.29, 1.82) is 0 Å². The average Bonchev–Trinajstić information content (AvgIpc) is 2.57. The molecule has 0 N–H and O–H groups in total. The molecule has 1 aromatic rings. The van der Waals surface area contributed by atoms with Crippen LogP contribution in [0, 0.1) is 0 Å². The van der Waals surface area contributed by atoms with Crippen molar-refractivity contribution >= 4 is 23.5 Å². The summed E-state index contributed by atoms with van der Waals surface area (Å²) in [4.78, 5) is 22.2. The largest absolute Gasteiger partial charge is 0.417 e. The highest BCUT2D eigenvalue weighted by molar-refractivity contribution is 6.31. The first kappa shape index (κ1) is 12.9. The lowest BCUT2D eigenvalue weighted by Crippen LogP contribution is -2.10. The Morgan fingerprint density at radius 2 is 1.94 bits per heavy atom. The summed E-state index contributed by atoms with van der Waals surface area (Å²) in [7, 11) is 0. The van der Waals surface area contributed by atoms with Crippen molar-refractivity contribution in [3.05, 3.63) is 34.3 Å². The van der Waals surface area contributed by atoms with Gasteiger partial charge in [0.2, 0.25) is 0 Å². The molecule has 0 saturated carbocycles. The van der Waals surface area contributed by atoms with E-state index in [0.717, 1.165) is 12.1 Å². The van der Waals surface area contributed by atoms with E-state index in [1.807, 2.05) is 0 Å². The molecule has 0 bridgehead atoms. The number of carbonyl (C=O) groups excluding carboxylic acids is 2. The van der Waals surface area contributed by atoms with Gasteiger partial charge in [0, 0.05) is 0 Å². The molecular formula is C11H6ClF3O3. The Bertz CT molecular complexity index is 525. The number of benzene rings is 1. The van der Waals surface area contributed by atoms with Crippen molar-refractivity contribution in [3.63, 3.8) is 0 Å². The molecule has 0 spiro atoms. The number of alkyl halides is 3. The molecule has 3 nitrogen and oxygen atoms in total. The molecule has 0 aliphatic carbocycles. The van der Waals surface area contributed by atoms with E-state index in [9.17, 15) is 22.8 Å². The number of hydrogen-bond donors (Lipinski definition) is 0. The summed E-state index contributed by atoms with van der Waals surface area (Å²) in [5, 5.41) is -0.455. The first-order valence-corrected chi connectivity index (χ1v) is 5.28. The fraction of sp³-hybridized carbons (Fsp3) is 0.273. The summed E-state index contributed by atoms with van der Waals surface area (Å²) in [6.07, 6.45) is -4.86. The molecule has 7 heteroatoms. The molecule has 1 atom stereocenters. The fourth-order valence-corrected chi connectivity index (χ4v) is 1.93. The zero-order chi connectivity index (χ0) is 13.5. The Morgan fingerprint density at radius 3 is 2.44 bits per heavy atom. The Balaban J connectivity index is 2.42. The highest BCUT2D eigenvalue weighted by atomic mass is 35.5. The summed E-state index contributed by atoms with van der Waals surface area (Å²) in [5.74, 6) is -2.57. The summed E-state index contributed by atoms with van der Waals surface area (Å²) in [5.41, 5.74) is -0.962. The van der Waals surface area contributed by atoms with Gasteiger partial charge in [0.1, 0.15) is 0 Å². The molecule has 0 aromatic heterocycles. The van der Waals surface area contributed by atoms with Crippen LogP contribution >= 0.6 is 11.6 Å². The molecule has 1 aliphatic heterocycles. The van der Waals surface area contributed by atoms with Crippen LogP contribution in [0.1, 0.15) is 23.5 Å². The Kier molecular flexibility index (Phi) is 3.06. The van der Waals surface area contributed by atoms with Crippen LogP contribution in [0.15, 0.2) is 18.2 Å². The standard InChI is InChI=1S/C11H6ClF3O3/c12-8-2-1-5(3-7(8)11(13,14)15)6-4-9(16)18-10(6)17/h1-3,6H,4H2. The van der Waals surface area contributed by atoms with E-state index in [-0.39, 0.29) is 12.0 Å². The fourth-order valence-electron chi connectivity index (χ4n) is 1.71. The van der Waals surface area contributed by atoms with Crippen molar-refractivity contribution < 1.29 is 27.5 Å². The zero-order valence-electron chi connectivity index (χ0n) is 8.75. The lowest BCUT2D eigenvalue weighted by molar-refractivity contribution is -0.152. The topological polar surface area (TPSA) is 43.4 Å². The summed E-state index contributed by atoms with van der Waals surface area (Å²) in [6, 6.07) is 3.10. The molecular weight excluding hydrogens is 273 g/mol. The molecule has 1 fully saturated rings. The second-order valence-electron chi connectivity index (χ2n) is 3.79. The number of rotatable bonds is 1. The second-order valence-corrected chi connectivity index (χ2v) is 4.19. The average molecular weight is 279 g/mol. The van der Waals surface area contributed by atoms with Gasteiger partial charge in [-0.25, -0.2) is 0 Å². The van der Waals surface area contributed by atoms with Gasteiger partial charge in [0.05, 0.1) is 22.9 Å². The molecule has 18 heavy (non-hydrogen) atoms. The van der Waals surface area contributed by atoms with Crippen molar-refractivity contribution in [2.24, 2.45) is 0 Å². The van der Waals surface area contributed by atoms with E-state index in [0.29, 0.717) is 0 Å². The van der Waals surface area contributed by atoms with Gasteiger partial charge in [0.15, 0.2) is 0 Å². The Hall–Kier alpha value is -1.56. The third-order valence-electron chi connectivity index (χ3n) is 2.57. The van der Waals surface area contributed by atoms with Gasteiger partial charge in [-0.15, -0.1) is 0 Å². The predicted octanol–water partition coefficient (Wildman–Crippen LogP) is 2.92. The minimum atomic E-state index is -4.61. The second kappa shape index (κ2) is 4.28. The molecule has 96 valence electrons. The van der Waals surface area contributed by atoms with Crippen LogP contribution in [0.3, 0.4) is 0 Å². The minimum absolute atomic E-state index is 0.0718. The number of hydrogen-bond acceptors (Lipinski definition) is 3. The van der Waals surface area contributed by atoms with E-state index in [1.165, 1.54) is 6.07 Å². The van der Waals surface area contributed by atoms with Gasteiger partial charge in [-0.2, -0.15) is 13.2 Å². The van der Waals surface area contributed by atoms with Crippen LogP contribution in [0.4, 0.5) is 13.2 Å². The minimum Gasteiger partial charge on any atom is -0.393 e. The van der Waals surface area contributed by atoms with Crippen LogP contribution in [-0.2, 0) is 20.5 Å².